The first kappa shape index (κ1) is 18.3. The SMILES string of the molecule is CC(C)(C)c1cc(CNCC2CCCO2)cc(C(C)(C)C)c1O. The highest BCUT2D eigenvalue weighted by atomic mass is 16.5. The largest absolute Gasteiger partial charge is 0.507 e. The van der Waals surface area contributed by atoms with E-state index in [2.05, 4.69) is 59.0 Å². The summed E-state index contributed by atoms with van der Waals surface area (Å²) in [6.45, 7) is 15.5. The lowest BCUT2D eigenvalue weighted by Crippen LogP contribution is -2.26. The number of phenolic OH excluding ortho intramolecular Hbond substituents is 1. The molecule has 1 atom stereocenters. The van der Waals surface area contributed by atoms with E-state index in [1.165, 1.54) is 12.0 Å². The topological polar surface area (TPSA) is 41.5 Å². The molecule has 1 aromatic carbocycles. The van der Waals surface area contributed by atoms with Crippen molar-refractivity contribution in [2.24, 2.45) is 0 Å². The second-order valence-electron chi connectivity index (χ2n) is 8.81. The Morgan fingerprint density at radius 2 is 1.65 bits per heavy atom. The van der Waals surface area contributed by atoms with E-state index >= 15 is 0 Å². The molecule has 0 saturated carbocycles. The van der Waals surface area contributed by atoms with Gasteiger partial charge in [0.25, 0.3) is 0 Å². The zero-order valence-electron chi connectivity index (χ0n) is 15.6. The predicted octanol–water partition coefficient (Wildman–Crippen LogP) is 4.26. The molecule has 1 aromatic rings. The zero-order chi connectivity index (χ0) is 17.3. The molecule has 1 aliphatic heterocycles. The van der Waals surface area contributed by atoms with Gasteiger partial charge in [0.15, 0.2) is 0 Å². The monoisotopic (exact) mass is 319 g/mol. The molecule has 1 aliphatic rings. The molecule has 3 nitrogen and oxygen atoms in total. The van der Waals surface area contributed by atoms with Crippen LogP contribution in [0.25, 0.3) is 0 Å². The standard InChI is InChI=1S/C20H33NO2/c1-19(2,3)16-10-14(11-17(18(16)22)20(4,5)6)12-21-13-15-8-7-9-23-15/h10-11,15,21-22H,7-9,12-13H2,1-6H3. The van der Waals surface area contributed by atoms with Crippen LogP contribution in [-0.2, 0) is 22.1 Å². The molecule has 1 fully saturated rings. The van der Waals surface area contributed by atoms with Gasteiger partial charge in [0.2, 0.25) is 0 Å². The average Bonchev–Trinajstić information content (AvgIpc) is 2.91. The summed E-state index contributed by atoms with van der Waals surface area (Å²) in [5.41, 5.74) is 3.14. The summed E-state index contributed by atoms with van der Waals surface area (Å²) in [7, 11) is 0. The third-order valence-corrected chi connectivity index (χ3v) is 4.51. The quantitative estimate of drug-likeness (QED) is 0.871. The van der Waals surface area contributed by atoms with Crippen LogP contribution in [-0.4, -0.2) is 24.4 Å². The van der Waals surface area contributed by atoms with E-state index < -0.39 is 0 Å². The van der Waals surface area contributed by atoms with Crippen LogP contribution in [0.2, 0.25) is 0 Å². The predicted molar refractivity (Wildman–Crippen MR) is 96.2 cm³/mol. The highest BCUT2D eigenvalue weighted by Crippen LogP contribution is 2.39. The van der Waals surface area contributed by atoms with Crippen molar-refractivity contribution in [3.8, 4) is 5.75 Å². The van der Waals surface area contributed by atoms with Crippen molar-refractivity contribution in [1.82, 2.24) is 5.32 Å². The molecule has 23 heavy (non-hydrogen) atoms. The molecular weight excluding hydrogens is 286 g/mol. The minimum absolute atomic E-state index is 0.0747. The van der Waals surface area contributed by atoms with Gasteiger partial charge in [0.1, 0.15) is 5.75 Å². The maximum absolute atomic E-state index is 10.7. The fourth-order valence-corrected chi connectivity index (χ4v) is 3.12. The summed E-state index contributed by atoms with van der Waals surface area (Å²) < 4.78 is 5.66. The molecule has 0 radical (unpaired) electrons. The maximum Gasteiger partial charge on any atom is 0.123 e. The van der Waals surface area contributed by atoms with Crippen molar-refractivity contribution in [2.75, 3.05) is 13.2 Å². The fraction of sp³-hybridized carbons (Fsp3) is 0.700. The molecule has 2 N–H and O–H groups in total. The Hall–Kier alpha value is -1.06. The average molecular weight is 319 g/mol. The van der Waals surface area contributed by atoms with Crippen molar-refractivity contribution < 1.29 is 9.84 Å². The van der Waals surface area contributed by atoms with Crippen molar-refractivity contribution >= 4 is 0 Å². The smallest absolute Gasteiger partial charge is 0.123 e. The van der Waals surface area contributed by atoms with Crippen LogP contribution in [0.4, 0.5) is 0 Å². The molecule has 0 spiro atoms. The minimum Gasteiger partial charge on any atom is -0.507 e. The first-order valence-electron chi connectivity index (χ1n) is 8.78. The molecule has 1 saturated heterocycles. The molecule has 1 unspecified atom stereocenters. The van der Waals surface area contributed by atoms with Crippen LogP contribution in [0.5, 0.6) is 5.75 Å². The third-order valence-electron chi connectivity index (χ3n) is 4.51. The van der Waals surface area contributed by atoms with Crippen LogP contribution in [0.1, 0.15) is 71.1 Å². The summed E-state index contributed by atoms with van der Waals surface area (Å²) in [6.07, 6.45) is 2.69. The minimum atomic E-state index is -0.0747. The summed E-state index contributed by atoms with van der Waals surface area (Å²) >= 11 is 0. The fourth-order valence-electron chi connectivity index (χ4n) is 3.12. The molecule has 3 heteroatoms. The van der Waals surface area contributed by atoms with Gasteiger partial charge in [-0.2, -0.15) is 0 Å². The van der Waals surface area contributed by atoms with Crippen molar-refractivity contribution in [3.05, 3.63) is 28.8 Å². The van der Waals surface area contributed by atoms with Gasteiger partial charge in [-0.25, -0.2) is 0 Å². The van der Waals surface area contributed by atoms with E-state index in [9.17, 15) is 5.11 Å². The molecule has 130 valence electrons. The maximum atomic E-state index is 10.7. The van der Waals surface area contributed by atoms with E-state index in [4.69, 9.17) is 4.74 Å². The first-order valence-corrected chi connectivity index (χ1v) is 8.78. The van der Waals surface area contributed by atoms with Crippen LogP contribution >= 0.6 is 0 Å². The summed E-state index contributed by atoms with van der Waals surface area (Å²) in [4.78, 5) is 0. The highest BCUT2D eigenvalue weighted by molar-refractivity contribution is 5.49. The van der Waals surface area contributed by atoms with Gasteiger partial charge in [0.05, 0.1) is 6.10 Å². The van der Waals surface area contributed by atoms with Crippen LogP contribution in [0, 0.1) is 0 Å². The van der Waals surface area contributed by atoms with Crippen LogP contribution in [0.15, 0.2) is 12.1 Å². The van der Waals surface area contributed by atoms with E-state index in [1.54, 1.807) is 0 Å². The summed E-state index contributed by atoms with van der Waals surface area (Å²) in [5, 5.41) is 14.3. The van der Waals surface area contributed by atoms with Crippen LogP contribution in [0.3, 0.4) is 0 Å². The number of ether oxygens (including phenoxy) is 1. The number of aromatic hydroxyl groups is 1. The number of nitrogens with one attached hydrogen (secondary N) is 1. The number of benzene rings is 1. The van der Waals surface area contributed by atoms with Gasteiger partial charge < -0.3 is 15.2 Å². The third kappa shape index (κ3) is 4.71. The summed E-state index contributed by atoms with van der Waals surface area (Å²) in [6, 6.07) is 4.29. The van der Waals surface area contributed by atoms with Gasteiger partial charge in [-0.1, -0.05) is 53.7 Å². The molecule has 0 aliphatic carbocycles. The lowest BCUT2D eigenvalue weighted by atomic mass is 9.78. The van der Waals surface area contributed by atoms with Crippen molar-refractivity contribution in [2.45, 2.75) is 77.9 Å². The highest BCUT2D eigenvalue weighted by Gasteiger charge is 2.26. The molecule has 0 bridgehead atoms. The Kier molecular flexibility index (Phi) is 5.42. The first-order chi connectivity index (χ1) is 10.6. The van der Waals surface area contributed by atoms with Gasteiger partial charge in [-0.15, -0.1) is 0 Å². The Morgan fingerprint density at radius 1 is 1.09 bits per heavy atom. The molecular formula is C20H33NO2. The van der Waals surface area contributed by atoms with E-state index in [1.807, 2.05) is 0 Å². The number of hydrogen-bond acceptors (Lipinski definition) is 3. The number of hydrogen-bond donors (Lipinski definition) is 2. The lowest BCUT2D eigenvalue weighted by Gasteiger charge is -2.28. The second kappa shape index (κ2) is 6.82. The molecule has 1 heterocycles. The van der Waals surface area contributed by atoms with E-state index in [-0.39, 0.29) is 10.8 Å². The van der Waals surface area contributed by atoms with E-state index in [0.29, 0.717) is 11.9 Å². The van der Waals surface area contributed by atoms with Crippen molar-refractivity contribution in [1.29, 1.82) is 0 Å². The molecule has 0 amide bonds. The van der Waals surface area contributed by atoms with Gasteiger partial charge in [-0.3, -0.25) is 0 Å². The Balaban J connectivity index is 2.21. The van der Waals surface area contributed by atoms with E-state index in [0.717, 1.165) is 37.2 Å². The van der Waals surface area contributed by atoms with Gasteiger partial charge in [-0.05, 0) is 40.4 Å². The molecule has 2 rings (SSSR count). The van der Waals surface area contributed by atoms with Crippen molar-refractivity contribution in [3.63, 3.8) is 0 Å². The Labute approximate surface area is 141 Å². The normalized spacial score (nSPS) is 19.3. The van der Waals surface area contributed by atoms with Gasteiger partial charge in [0, 0.05) is 19.7 Å². The van der Waals surface area contributed by atoms with Gasteiger partial charge >= 0.3 is 0 Å². The Morgan fingerprint density at radius 3 is 2.09 bits per heavy atom. The molecule has 0 aromatic heterocycles. The zero-order valence-corrected chi connectivity index (χ0v) is 15.6. The second-order valence-corrected chi connectivity index (χ2v) is 8.81. The van der Waals surface area contributed by atoms with Crippen LogP contribution < -0.4 is 5.32 Å². The number of rotatable bonds is 4. The Bertz CT molecular complexity index is 497. The number of phenols is 1. The summed E-state index contributed by atoms with van der Waals surface area (Å²) in [5.74, 6) is 0.452. The lowest BCUT2D eigenvalue weighted by molar-refractivity contribution is 0.110.